The first kappa shape index (κ1) is 20.1. The summed E-state index contributed by atoms with van der Waals surface area (Å²) < 4.78 is 17.8. The Bertz CT molecular complexity index is 1060. The Morgan fingerprint density at radius 2 is 1.30 bits per heavy atom. The maximum Gasteiger partial charge on any atom is 0.153 e. The van der Waals surface area contributed by atoms with E-state index in [0.29, 0.717) is 0 Å². The lowest BCUT2D eigenvalue weighted by Crippen LogP contribution is -1.96. The molecular weight excluding hydrogens is 374 g/mol. The number of ether oxygens (including phenoxy) is 2. The molecule has 4 heteroatoms. The van der Waals surface area contributed by atoms with Crippen molar-refractivity contribution in [2.75, 3.05) is 13.2 Å². The average molecular weight is 404 g/mol. The quantitative estimate of drug-likeness (QED) is 0.280. The van der Waals surface area contributed by atoms with E-state index in [4.69, 9.17) is 13.9 Å². The second kappa shape index (κ2) is 9.57. The summed E-state index contributed by atoms with van der Waals surface area (Å²) in [6.45, 7) is 5.83. The zero-order valence-electron chi connectivity index (χ0n) is 17.7. The highest BCUT2D eigenvalue weighted by Gasteiger charge is 2.18. The number of furan rings is 1. The van der Waals surface area contributed by atoms with Crippen molar-refractivity contribution in [1.29, 1.82) is 0 Å². The van der Waals surface area contributed by atoms with Crippen LogP contribution >= 0.6 is 0 Å². The molecule has 1 N–H and O–H groups in total. The van der Waals surface area contributed by atoms with Crippen LogP contribution in [0.3, 0.4) is 0 Å². The molecule has 4 rings (SSSR count). The van der Waals surface area contributed by atoms with Crippen LogP contribution in [0, 0.1) is 0 Å². The molecule has 2 aromatic heterocycles. The maximum absolute atomic E-state index is 6.22. The van der Waals surface area contributed by atoms with Crippen LogP contribution in [0.2, 0.25) is 0 Å². The van der Waals surface area contributed by atoms with Crippen molar-refractivity contribution in [3.63, 3.8) is 0 Å². The first-order chi connectivity index (χ1) is 14.8. The van der Waals surface area contributed by atoms with Crippen molar-refractivity contribution in [3.8, 4) is 33.9 Å². The van der Waals surface area contributed by atoms with Crippen molar-refractivity contribution >= 4 is 11.1 Å². The smallest absolute Gasteiger partial charge is 0.153 e. The summed E-state index contributed by atoms with van der Waals surface area (Å²) in [5, 5.41) is 0. The van der Waals surface area contributed by atoms with Crippen molar-refractivity contribution in [2.45, 2.75) is 39.5 Å². The first-order valence-corrected chi connectivity index (χ1v) is 10.9. The number of aromatic nitrogens is 1. The number of rotatable bonds is 10. The van der Waals surface area contributed by atoms with Crippen LogP contribution in [-0.4, -0.2) is 18.2 Å². The molecule has 0 aliphatic heterocycles. The van der Waals surface area contributed by atoms with Gasteiger partial charge in [-0.2, -0.15) is 0 Å². The van der Waals surface area contributed by atoms with Crippen LogP contribution in [-0.2, 0) is 0 Å². The molecule has 4 nitrogen and oxygen atoms in total. The molecule has 30 heavy (non-hydrogen) atoms. The number of aromatic amines is 1. The van der Waals surface area contributed by atoms with Crippen LogP contribution in [0.25, 0.3) is 33.6 Å². The van der Waals surface area contributed by atoms with Crippen molar-refractivity contribution < 1.29 is 13.9 Å². The minimum Gasteiger partial charge on any atom is -0.494 e. The van der Waals surface area contributed by atoms with Gasteiger partial charge in [-0.3, -0.25) is 0 Å². The van der Waals surface area contributed by atoms with E-state index >= 15 is 0 Å². The monoisotopic (exact) mass is 403 g/mol. The second-order valence-corrected chi connectivity index (χ2v) is 7.48. The van der Waals surface area contributed by atoms with Crippen LogP contribution in [0.5, 0.6) is 11.5 Å². The van der Waals surface area contributed by atoms with Crippen molar-refractivity contribution in [3.05, 3.63) is 60.8 Å². The van der Waals surface area contributed by atoms with Gasteiger partial charge in [0, 0.05) is 11.8 Å². The molecule has 2 heterocycles. The molecule has 0 saturated heterocycles. The average Bonchev–Trinajstić information content (AvgIpc) is 3.37. The predicted molar refractivity (Wildman–Crippen MR) is 122 cm³/mol. The number of hydrogen-bond acceptors (Lipinski definition) is 3. The number of fused-ring (bicyclic) bond motifs is 1. The van der Waals surface area contributed by atoms with Gasteiger partial charge in [0.2, 0.25) is 0 Å². The predicted octanol–water partition coefficient (Wildman–Crippen LogP) is 7.45. The van der Waals surface area contributed by atoms with E-state index in [-0.39, 0.29) is 0 Å². The molecule has 0 unspecified atom stereocenters. The molecule has 0 saturated carbocycles. The van der Waals surface area contributed by atoms with E-state index in [0.717, 1.165) is 83.9 Å². The summed E-state index contributed by atoms with van der Waals surface area (Å²) >= 11 is 0. The number of hydrogen-bond donors (Lipinski definition) is 1. The molecule has 0 aliphatic rings. The first-order valence-electron chi connectivity index (χ1n) is 10.9. The number of benzene rings is 2. The summed E-state index contributed by atoms with van der Waals surface area (Å²) in [6.07, 6.45) is 6.29. The highest BCUT2D eigenvalue weighted by Crippen LogP contribution is 2.41. The molecule has 0 spiro atoms. The molecule has 0 bridgehead atoms. The van der Waals surface area contributed by atoms with Crippen molar-refractivity contribution in [1.82, 2.24) is 4.98 Å². The fourth-order valence-corrected chi connectivity index (χ4v) is 3.48. The normalized spacial score (nSPS) is 11.1. The third-order valence-electron chi connectivity index (χ3n) is 5.19. The van der Waals surface area contributed by atoms with Gasteiger partial charge in [0.1, 0.15) is 17.3 Å². The molecule has 0 amide bonds. The van der Waals surface area contributed by atoms with Crippen LogP contribution < -0.4 is 9.47 Å². The molecule has 156 valence electrons. The fourth-order valence-electron chi connectivity index (χ4n) is 3.48. The third kappa shape index (κ3) is 4.38. The summed E-state index contributed by atoms with van der Waals surface area (Å²) in [5.74, 6) is 2.64. The SMILES string of the molecule is CCCCOc1ccc(-c2oc3cc[nH]c3c2-c2ccc(OCCCC)cc2)cc1. The van der Waals surface area contributed by atoms with E-state index in [1.54, 1.807) is 0 Å². The van der Waals surface area contributed by atoms with Gasteiger partial charge >= 0.3 is 0 Å². The molecular formula is C26H29NO3. The van der Waals surface area contributed by atoms with Gasteiger partial charge in [0.25, 0.3) is 0 Å². The van der Waals surface area contributed by atoms with E-state index in [1.807, 2.05) is 36.5 Å². The lowest BCUT2D eigenvalue weighted by Gasteiger charge is -2.09. The zero-order valence-corrected chi connectivity index (χ0v) is 17.7. The number of H-pyrrole nitrogens is 1. The fraction of sp³-hybridized carbons (Fsp3) is 0.308. The maximum atomic E-state index is 6.22. The Labute approximate surface area is 177 Å². The van der Waals surface area contributed by atoms with Crippen LogP contribution in [0.1, 0.15) is 39.5 Å². The van der Waals surface area contributed by atoms with Gasteiger partial charge < -0.3 is 18.9 Å². The Morgan fingerprint density at radius 3 is 1.87 bits per heavy atom. The summed E-state index contributed by atoms with van der Waals surface area (Å²) in [6, 6.07) is 18.4. The van der Waals surface area contributed by atoms with Gasteiger partial charge in [-0.1, -0.05) is 38.8 Å². The summed E-state index contributed by atoms with van der Waals surface area (Å²) in [7, 11) is 0. The van der Waals surface area contributed by atoms with E-state index in [1.165, 1.54) is 0 Å². The molecule has 0 fully saturated rings. The standard InChI is InChI=1S/C26H29NO3/c1-3-5-17-28-21-11-7-19(8-12-21)24-25-23(15-16-27-25)30-26(24)20-9-13-22(14-10-20)29-18-6-4-2/h7-16,27H,3-6,17-18H2,1-2H3. The second-order valence-electron chi connectivity index (χ2n) is 7.48. The Morgan fingerprint density at radius 1 is 0.733 bits per heavy atom. The minimum absolute atomic E-state index is 0.748. The molecule has 0 aliphatic carbocycles. The summed E-state index contributed by atoms with van der Waals surface area (Å²) in [4.78, 5) is 3.33. The molecule has 0 atom stereocenters. The topological polar surface area (TPSA) is 47.4 Å². The van der Waals surface area contributed by atoms with Crippen molar-refractivity contribution in [2.24, 2.45) is 0 Å². The van der Waals surface area contributed by atoms with Gasteiger partial charge in [-0.05, 0) is 60.9 Å². The van der Waals surface area contributed by atoms with Crippen LogP contribution in [0.15, 0.2) is 65.2 Å². The number of nitrogens with one attached hydrogen (secondary N) is 1. The van der Waals surface area contributed by atoms with E-state index in [9.17, 15) is 0 Å². The third-order valence-corrected chi connectivity index (χ3v) is 5.19. The minimum atomic E-state index is 0.748. The van der Waals surface area contributed by atoms with Gasteiger partial charge in [-0.25, -0.2) is 0 Å². The molecule has 0 radical (unpaired) electrons. The van der Waals surface area contributed by atoms with Gasteiger partial charge in [0.05, 0.1) is 24.3 Å². The Balaban J connectivity index is 1.62. The van der Waals surface area contributed by atoms with Gasteiger partial charge in [0.15, 0.2) is 5.58 Å². The summed E-state index contributed by atoms with van der Waals surface area (Å²) in [5.41, 5.74) is 5.05. The lowest BCUT2D eigenvalue weighted by atomic mass is 10.0. The molecule has 4 aromatic rings. The van der Waals surface area contributed by atoms with Crippen LogP contribution in [0.4, 0.5) is 0 Å². The zero-order chi connectivity index (χ0) is 20.8. The number of unbranched alkanes of at least 4 members (excludes halogenated alkanes) is 2. The molecule has 2 aromatic carbocycles. The van der Waals surface area contributed by atoms with E-state index < -0.39 is 0 Å². The van der Waals surface area contributed by atoms with Gasteiger partial charge in [-0.15, -0.1) is 0 Å². The highest BCUT2D eigenvalue weighted by molar-refractivity contribution is 5.99. The lowest BCUT2D eigenvalue weighted by molar-refractivity contribution is 0.309. The Hall–Kier alpha value is -3.14. The largest absolute Gasteiger partial charge is 0.494 e. The highest BCUT2D eigenvalue weighted by atomic mass is 16.5. The van der Waals surface area contributed by atoms with E-state index in [2.05, 4.69) is 43.1 Å². The Kier molecular flexibility index (Phi) is 6.43.